The van der Waals surface area contributed by atoms with Gasteiger partial charge in [-0.1, -0.05) is 6.07 Å². The van der Waals surface area contributed by atoms with Crippen molar-refractivity contribution in [3.05, 3.63) is 34.2 Å². The van der Waals surface area contributed by atoms with E-state index >= 15 is 0 Å². The second-order valence-electron chi connectivity index (χ2n) is 6.90. The molecule has 0 bridgehead atoms. The van der Waals surface area contributed by atoms with Gasteiger partial charge in [0.1, 0.15) is 0 Å². The summed E-state index contributed by atoms with van der Waals surface area (Å²) in [5.74, 6) is 0.160. The average molecular weight is 357 g/mol. The molecule has 3 heterocycles. The Morgan fingerprint density at radius 2 is 2.12 bits per heavy atom. The normalized spacial score (nSPS) is 18.6. The fraction of sp³-hybridized carbons (Fsp3) is 0.474. The van der Waals surface area contributed by atoms with Crippen LogP contribution >= 0.6 is 11.3 Å². The number of hydrogen-bond acceptors (Lipinski definition) is 5. The van der Waals surface area contributed by atoms with Gasteiger partial charge in [-0.2, -0.15) is 0 Å². The summed E-state index contributed by atoms with van der Waals surface area (Å²) in [6, 6.07) is 6.30. The molecule has 0 spiro atoms. The minimum atomic E-state index is -0.202. The second kappa shape index (κ2) is 6.86. The predicted octanol–water partition coefficient (Wildman–Crippen LogP) is 2.46. The van der Waals surface area contributed by atoms with Crippen LogP contribution in [-0.2, 0) is 11.2 Å². The number of thiazole rings is 1. The Morgan fingerprint density at radius 1 is 1.32 bits per heavy atom. The average Bonchev–Trinajstić information content (AvgIpc) is 3.22. The lowest BCUT2D eigenvalue weighted by atomic mass is 10.1. The number of fused-ring (bicyclic) bond motifs is 1. The van der Waals surface area contributed by atoms with Crippen molar-refractivity contribution in [2.24, 2.45) is 0 Å². The van der Waals surface area contributed by atoms with Gasteiger partial charge in [0.25, 0.3) is 0 Å². The number of nitrogens with zero attached hydrogens (tertiary/aromatic N) is 3. The Labute approximate surface area is 151 Å². The maximum absolute atomic E-state index is 12.7. The molecule has 0 saturated carbocycles. The smallest absolute Gasteiger partial charge is 0.241 e. The number of aliphatic hydroxyl groups excluding tert-OH is 1. The van der Waals surface area contributed by atoms with Crippen LogP contribution in [0.5, 0.6) is 0 Å². The number of carbonyl (C=O) groups excluding carboxylic acids is 1. The quantitative estimate of drug-likeness (QED) is 0.917. The van der Waals surface area contributed by atoms with E-state index in [-0.39, 0.29) is 12.0 Å². The van der Waals surface area contributed by atoms with Crippen molar-refractivity contribution in [3.8, 4) is 11.3 Å². The van der Waals surface area contributed by atoms with Crippen molar-refractivity contribution >= 4 is 22.9 Å². The third-order valence-corrected chi connectivity index (χ3v) is 5.88. The van der Waals surface area contributed by atoms with E-state index in [1.54, 1.807) is 11.3 Å². The number of benzene rings is 1. The number of rotatable bonds is 3. The fourth-order valence-electron chi connectivity index (χ4n) is 3.67. The maximum atomic E-state index is 12.7. The van der Waals surface area contributed by atoms with Crippen molar-refractivity contribution in [1.29, 1.82) is 0 Å². The standard InChI is InChI=1S/C19H23N3O2S/c1-13-20-17(12-25-13)14-2-3-18-15(10-14)4-9-22(18)19(24)11-21-7-5-16(23)6-8-21/h2-3,10,12,16,23H,4-9,11H2,1H3. The lowest BCUT2D eigenvalue weighted by molar-refractivity contribution is -0.120. The first-order chi connectivity index (χ1) is 12.1. The van der Waals surface area contributed by atoms with Gasteiger partial charge in [0, 0.05) is 36.3 Å². The van der Waals surface area contributed by atoms with Crippen LogP contribution in [-0.4, -0.2) is 53.2 Å². The zero-order valence-corrected chi connectivity index (χ0v) is 15.3. The van der Waals surface area contributed by atoms with Crippen LogP contribution in [0.4, 0.5) is 5.69 Å². The van der Waals surface area contributed by atoms with Gasteiger partial charge in [-0.05, 0) is 43.9 Å². The van der Waals surface area contributed by atoms with Crippen molar-refractivity contribution in [2.75, 3.05) is 31.1 Å². The minimum Gasteiger partial charge on any atom is -0.393 e. The Balaban J connectivity index is 1.47. The molecule has 1 fully saturated rings. The molecule has 0 atom stereocenters. The molecular formula is C19H23N3O2S. The van der Waals surface area contributed by atoms with Crippen LogP contribution in [0, 0.1) is 6.92 Å². The number of anilines is 1. The second-order valence-corrected chi connectivity index (χ2v) is 7.96. The van der Waals surface area contributed by atoms with E-state index in [1.165, 1.54) is 5.56 Å². The van der Waals surface area contributed by atoms with Crippen molar-refractivity contribution in [1.82, 2.24) is 9.88 Å². The summed E-state index contributed by atoms with van der Waals surface area (Å²) >= 11 is 1.66. The summed E-state index contributed by atoms with van der Waals surface area (Å²) in [6.45, 7) is 4.82. The molecule has 0 aliphatic carbocycles. The van der Waals surface area contributed by atoms with E-state index in [0.717, 1.165) is 60.8 Å². The molecule has 132 valence electrons. The zero-order valence-electron chi connectivity index (χ0n) is 14.4. The SMILES string of the molecule is Cc1nc(-c2ccc3c(c2)CCN3C(=O)CN2CCC(O)CC2)cs1. The molecule has 1 amide bonds. The highest BCUT2D eigenvalue weighted by Gasteiger charge is 2.27. The van der Waals surface area contributed by atoms with E-state index < -0.39 is 0 Å². The van der Waals surface area contributed by atoms with E-state index in [1.807, 2.05) is 11.8 Å². The van der Waals surface area contributed by atoms with E-state index in [0.29, 0.717) is 6.54 Å². The number of carbonyl (C=O) groups is 1. The van der Waals surface area contributed by atoms with Gasteiger partial charge in [0.15, 0.2) is 0 Å². The number of aliphatic hydroxyl groups is 1. The molecule has 0 unspecified atom stereocenters. The van der Waals surface area contributed by atoms with E-state index in [2.05, 4.69) is 33.5 Å². The molecule has 1 saturated heterocycles. The third-order valence-electron chi connectivity index (χ3n) is 5.11. The molecular weight excluding hydrogens is 334 g/mol. The molecule has 2 aliphatic heterocycles. The first-order valence-corrected chi connectivity index (χ1v) is 9.74. The van der Waals surface area contributed by atoms with Crippen LogP contribution < -0.4 is 4.90 Å². The van der Waals surface area contributed by atoms with Gasteiger partial charge in [-0.3, -0.25) is 9.69 Å². The van der Waals surface area contributed by atoms with E-state index in [4.69, 9.17) is 0 Å². The Morgan fingerprint density at radius 3 is 2.84 bits per heavy atom. The highest BCUT2D eigenvalue weighted by atomic mass is 32.1. The lowest BCUT2D eigenvalue weighted by Gasteiger charge is -2.30. The van der Waals surface area contributed by atoms with Crippen LogP contribution in [0.15, 0.2) is 23.6 Å². The molecule has 1 aromatic carbocycles. The summed E-state index contributed by atoms with van der Waals surface area (Å²) < 4.78 is 0. The maximum Gasteiger partial charge on any atom is 0.241 e. The van der Waals surface area contributed by atoms with Crippen LogP contribution in [0.2, 0.25) is 0 Å². The minimum absolute atomic E-state index is 0.160. The molecule has 6 heteroatoms. The molecule has 1 N–H and O–H groups in total. The number of piperidine rings is 1. The van der Waals surface area contributed by atoms with Crippen LogP contribution in [0.3, 0.4) is 0 Å². The van der Waals surface area contributed by atoms with Gasteiger partial charge in [0.2, 0.25) is 5.91 Å². The summed E-state index contributed by atoms with van der Waals surface area (Å²) in [7, 11) is 0. The molecule has 0 radical (unpaired) electrons. The number of hydrogen-bond donors (Lipinski definition) is 1. The van der Waals surface area contributed by atoms with Crippen molar-refractivity contribution < 1.29 is 9.90 Å². The number of likely N-dealkylation sites (tertiary alicyclic amines) is 1. The Kier molecular flexibility index (Phi) is 4.58. The first-order valence-electron chi connectivity index (χ1n) is 8.86. The van der Waals surface area contributed by atoms with Crippen molar-refractivity contribution in [3.63, 3.8) is 0 Å². The van der Waals surface area contributed by atoms with E-state index in [9.17, 15) is 9.90 Å². The Bertz CT molecular complexity index is 781. The van der Waals surface area contributed by atoms with Gasteiger partial charge < -0.3 is 10.0 Å². The molecule has 5 nitrogen and oxygen atoms in total. The summed E-state index contributed by atoms with van der Waals surface area (Å²) in [4.78, 5) is 21.3. The highest BCUT2D eigenvalue weighted by Crippen LogP contribution is 2.33. The largest absolute Gasteiger partial charge is 0.393 e. The fourth-order valence-corrected chi connectivity index (χ4v) is 4.29. The molecule has 4 rings (SSSR count). The lowest BCUT2D eigenvalue weighted by Crippen LogP contribution is -2.43. The molecule has 2 aliphatic rings. The molecule has 25 heavy (non-hydrogen) atoms. The first kappa shape index (κ1) is 16.7. The number of aryl methyl sites for hydroxylation is 1. The highest BCUT2D eigenvalue weighted by molar-refractivity contribution is 7.09. The molecule has 1 aromatic heterocycles. The van der Waals surface area contributed by atoms with Gasteiger partial charge in [-0.15, -0.1) is 11.3 Å². The number of aromatic nitrogens is 1. The zero-order chi connectivity index (χ0) is 17.4. The third kappa shape index (κ3) is 3.47. The van der Waals surface area contributed by atoms with Gasteiger partial charge in [0.05, 0.1) is 23.4 Å². The molecule has 2 aromatic rings. The summed E-state index contributed by atoms with van der Waals surface area (Å²) in [5, 5.41) is 12.7. The predicted molar refractivity (Wildman–Crippen MR) is 100 cm³/mol. The van der Waals surface area contributed by atoms with Gasteiger partial charge in [-0.25, -0.2) is 4.98 Å². The van der Waals surface area contributed by atoms with Gasteiger partial charge >= 0.3 is 0 Å². The summed E-state index contributed by atoms with van der Waals surface area (Å²) in [6.07, 6.45) is 2.23. The van der Waals surface area contributed by atoms with Crippen LogP contribution in [0.1, 0.15) is 23.4 Å². The monoisotopic (exact) mass is 357 g/mol. The van der Waals surface area contributed by atoms with Crippen LogP contribution in [0.25, 0.3) is 11.3 Å². The topological polar surface area (TPSA) is 56.7 Å². The number of amides is 1. The summed E-state index contributed by atoms with van der Waals surface area (Å²) in [5.41, 5.74) is 4.41. The van der Waals surface area contributed by atoms with Crippen molar-refractivity contribution in [2.45, 2.75) is 32.3 Å². The Hall–Kier alpha value is -1.76.